The molecule has 6 N–H and O–H groups in total. The molecule has 6 nitrogen and oxygen atoms in total. The van der Waals surface area contributed by atoms with Gasteiger partial charge in [-0.3, -0.25) is 9.59 Å². The molecular formula is C8H18N4O2. The van der Waals surface area contributed by atoms with Gasteiger partial charge in [-0.05, 0) is 19.4 Å². The van der Waals surface area contributed by atoms with Crippen LogP contribution in [0.25, 0.3) is 0 Å². The van der Waals surface area contributed by atoms with Gasteiger partial charge in [0.1, 0.15) is 0 Å². The Morgan fingerprint density at radius 3 is 1.93 bits per heavy atom. The van der Waals surface area contributed by atoms with Crippen LogP contribution in [0.2, 0.25) is 0 Å². The van der Waals surface area contributed by atoms with Crippen LogP contribution in [0.3, 0.4) is 0 Å². The Bertz CT molecular complexity index is 184. The number of nitrogens with two attached hydrogens (primary N) is 2. The van der Waals surface area contributed by atoms with Gasteiger partial charge < -0.3 is 22.1 Å². The third-order valence-electron chi connectivity index (χ3n) is 1.55. The summed E-state index contributed by atoms with van der Waals surface area (Å²) in [6.07, 6.45) is 1.62. The van der Waals surface area contributed by atoms with Gasteiger partial charge in [0.05, 0.1) is 0 Å². The second-order valence-electron chi connectivity index (χ2n) is 2.80. The number of unbranched alkanes of at least 4 members (excludes halogenated alkanes) is 1. The van der Waals surface area contributed by atoms with E-state index in [1.165, 1.54) is 0 Å². The van der Waals surface area contributed by atoms with Gasteiger partial charge in [0.2, 0.25) is 0 Å². The average molecular weight is 202 g/mol. The van der Waals surface area contributed by atoms with Crippen LogP contribution in [0.15, 0.2) is 0 Å². The van der Waals surface area contributed by atoms with Crippen molar-refractivity contribution in [2.75, 3.05) is 26.2 Å². The van der Waals surface area contributed by atoms with Crippen LogP contribution in [0.5, 0.6) is 0 Å². The molecule has 0 aromatic carbocycles. The van der Waals surface area contributed by atoms with Crippen molar-refractivity contribution in [1.82, 2.24) is 10.6 Å². The summed E-state index contributed by atoms with van der Waals surface area (Å²) >= 11 is 0. The largest absolute Gasteiger partial charge is 0.348 e. The molecule has 14 heavy (non-hydrogen) atoms. The number of hydrogen-bond donors (Lipinski definition) is 4. The molecule has 0 aliphatic rings. The molecule has 0 aliphatic heterocycles. The van der Waals surface area contributed by atoms with E-state index in [2.05, 4.69) is 10.6 Å². The second-order valence-corrected chi connectivity index (χ2v) is 2.80. The van der Waals surface area contributed by atoms with Crippen molar-refractivity contribution >= 4 is 11.8 Å². The summed E-state index contributed by atoms with van der Waals surface area (Å²) in [6.45, 7) is 1.71. The lowest BCUT2D eigenvalue weighted by molar-refractivity contribution is -0.139. The van der Waals surface area contributed by atoms with E-state index in [4.69, 9.17) is 11.5 Å². The Kier molecular flexibility index (Phi) is 7.77. The smallest absolute Gasteiger partial charge is 0.309 e. The van der Waals surface area contributed by atoms with Crippen LogP contribution in [0.4, 0.5) is 0 Å². The van der Waals surface area contributed by atoms with Crippen molar-refractivity contribution in [2.24, 2.45) is 11.5 Å². The van der Waals surface area contributed by atoms with Crippen LogP contribution in [-0.2, 0) is 9.59 Å². The highest BCUT2D eigenvalue weighted by atomic mass is 16.2. The van der Waals surface area contributed by atoms with Crippen molar-refractivity contribution in [1.29, 1.82) is 0 Å². The topological polar surface area (TPSA) is 110 Å². The second kappa shape index (κ2) is 8.46. The highest BCUT2D eigenvalue weighted by Crippen LogP contribution is 1.82. The molecule has 0 unspecified atom stereocenters. The molecule has 0 bridgehead atoms. The highest BCUT2D eigenvalue weighted by molar-refractivity contribution is 6.35. The van der Waals surface area contributed by atoms with E-state index in [0.29, 0.717) is 26.2 Å². The Balaban J connectivity index is 3.47. The fourth-order valence-electron chi connectivity index (χ4n) is 0.818. The summed E-state index contributed by atoms with van der Waals surface area (Å²) in [7, 11) is 0. The van der Waals surface area contributed by atoms with E-state index in [0.717, 1.165) is 12.8 Å². The van der Waals surface area contributed by atoms with Gasteiger partial charge in [0.15, 0.2) is 0 Å². The van der Waals surface area contributed by atoms with Crippen molar-refractivity contribution in [2.45, 2.75) is 12.8 Å². The third kappa shape index (κ3) is 6.38. The SMILES string of the molecule is NCCCCNC(=O)C(=O)NCCN. The number of hydrogen-bond acceptors (Lipinski definition) is 4. The minimum Gasteiger partial charge on any atom is -0.348 e. The zero-order valence-corrected chi connectivity index (χ0v) is 8.21. The van der Waals surface area contributed by atoms with Crippen molar-refractivity contribution in [3.63, 3.8) is 0 Å². The number of carbonyl (C=O) groups is 2. The van der Waals surface area contributed by atoms with Gasteiger partial charge in [-0.1, -0.05) is 0 Å². The maximum Gasteiger partial charge on any atom is 0.309 e. The molecule has 0 aromatic rings. The third-order valence-corrected chi connectivity index (χ3v) is 1.55. The molecule has 0 saturated heterocycles. The lowest BCUT2D eigenvalue weighted by Crippen LogP contribution is -2.42. The van der Waals surface area contributed by atoms with Crippen molar-refractivity contribution in [3.05, 3.63) is 0 Å². The van der Waals surface area contributed by atoms with Gasteiger partial charge in [0.25, 0.3) is 0 Å². The summed E-state index contributed by atoms with van der Waals surface area (Å²) in [4.78, 5) is 22.0. The standard InChI is InChI=1S/C8H18N4O2/c9-3-1-2-5-11-7(13)8(14)12-6-4-10/h1-6,9-10H2,(H,11,13)(H,12,14). The molecular weight excluding hydrogens is 184 g/mol. The Labute approximate surface area is 83.4 Å². The first-order valence-electron chi connectivity index (χ1n) is 4.68. The first-order valence-corrected chi connectivity index (χ1v) is 4.68. The molecule has 2 amide bonds. The Morgan fingerprint density at radius 2 is 1.43 bits per heavy atom. The van der Waals surface area contributed by atoms with Crippen molar-refractivity contribution < 1.29 is 9.59 Å². The van der Waals surface area contributed by atoms with Crippen LogP contribution < -0.4 is 22.1 Å². The number of carbonyl (C=O) groups excluding carboxylic acids is 2. The maximum atomic E-state index is 11.0. The first kappa shape index (κ1) is 12.9. The molecule has 82 valence electrons. The molecule has 0 heterocycles. The molecule has 0 aromatic heterocycles. The van der Waals surface area contributed by atoms with E-state index in [1.54, 1.807) is 0 Å². The molecule has 0 fully saturated rings. The van der Waals surface area contributed by atoms with Gasteiger partial charge >= 0.3 is 11.8 Å². The summed E-state index contributed by atoms with van der Waals surface area (Å²) in [6, 6.07) is 0. The summed E-state index contributed by atoms with van der Waals surface area (Å²) in [5.41, 5.74) is 10.4. The molecule has 0 radical (unpaired) electrons. The number of nitrogens with one attached hydrogen (secondary N) is 2. The first-order chi connectivity index (χ1) is 6.72. The van der Waals surface area contributed by atoms with Crippen LogP contribution in [0, 0.1) is 0 Å². The lowest BCUT2D eigenvalue weighted by atomic mass is 10.3. The Morgan fingerprint density at radius 1 is 0.857 bits per heavy atom. The molecule has 0 atom stereocenters. The summed E-state index contributed by atoms with van der Waals surface area (Å²) in [5.74, 6) is -1.25. The summed E-state index contributed by atoms with van der Waals surface area (Å²) in [5, 5.41) is 4.85. The van der Waals surface area contributed by atoms with Crippen LogP contribution in [0.1, 0.15) is 12.8 Å². The van der Waals surface area contributed by atoms with E-state index in [1.807, 2.05) is 0 Å². The maximum absolute atomic E-state index is 11.0. The van der Waals surface area contributed by atoms with Gasteiger partial charge in [-0.25, -0.2) is 0 Å². The fourth-order valence-corrected chi connectivity index (χ4v) is 0.818. The zero-order valence-electron chi connectivity index (χ0n) is 8.21. The minimum absolute atomic E-state index is 0.315. The van der Waals surface area contributed by atoms with E-state index >= 15 is 0 Å². The number of amides is 2. The summed E-state index contributed by atoms with van der Waals surface area (Å²) < 4.78 is 0. The lowest BCUT2D eigenvalue weighted by Gasteiger charge is -2.04. The monoisotopic (exact) mass is 202 g/mol. The van der Waals surface area contributed by atoms with E-state index < -0.39 is 11.8 Å². The van der Waals surface area contributed by atoms with E-state index in [-0.39, 0.29) is 0 Å². The Hall–Kier alpha value is -1.14. The van der Waals surface area contributed by atoms with E-state index in [9.17, 15) is 9.59 Å². The van der Waals surface area contributed by atoms with Gasteiger partial charge in [-0.2, -0.15) is 0 Å². The molecule has 0 rings (SSSR count). The minimum atomic E-state index is -0.636. The molecule has 6 heteroatoms. The van der Waals surface area contributed by atoms with Crippen molar-refractivity contribution in [3.8, 4) is 0 Å². The molecule has 0 spiro atoms. The predicted molar refractivity (Wildman–Crippen MR) is 53.4 cm³/mol. The number of rotatable bonds is 6. The quantitative estimate of drug-likeness (QED) is 0.292. The van der Waals surface area contributed by atoms with Gasteiger partial charge in [-0.15, -0.1) is 0 Å². The fraction of sp³-hybridized carbons (Fsp3) is 0.750. The molecule has 0 saturated carbocycles. The zero-order chi connectivity index (χ0) is 10.8. The predicted octanol–water partition coefficient (Wildman–Crippen LogP) is -2.08. The van der Waals surface area contributed by atoms with Crippen LogP contribution in [-0.4, -0.2) is 38.0 Å². The van der Waals surface area contributed by atoms with Crippen LogP contribution >= 0.6 is 0 Å². The average Bonchev–Trinajstić information content (AvgIpc) is 2.20. The molecule has 0 aliphatic carbocycles. The van der Waals surface area contributed by atoms with Gasteiger partial charge in [0, 0.05) is 19.6 Å². The normalized spacial score (nSPS) is 9.57. The highest BCUT2D eigenvalue weighted by Gasteiger charge is 2.10.